The maximum atomic E-state index is 12.4. The van der Waals surface area contributed by atoms with Crippen molar-refractivity contribution in [1.29, 1.82) is 0 Å². The van der Waals surface area contributed by atoms with Crippen molar-refractivity contribution in [3.63, 3.8) is 0 Å². The van der Waals surface area contributed by atoms with E-state index < -0.39 is 5.60 Å². The normalized spacial score (nSPS) is 38.3. The highest BCUT2D eigenvalue weighted by molar-refractivity contribution is 5.79. The summed E-state index contributed by atoms with van der Waals surface area (Å²) in [4.78, 5) is 14.4. The molecule has 0 bridgehead atoms. The van der Waals surface area contributed by atoms with E-state index >= 15 is 0 Å². The molecule has 3 unspecified atom stereocenters. The molecule has 2 N–H and O–H groups in total. The van der Waals surface area contributed by atoms with Gasteiger partial charge in [0.2, 0.25) is 5.91 Å². The fraction of sp³-hybridized carbons (Fsp3) is 0.929. The van der Waals surface area contributed by atoms with Crippen LogP contribution in [0.4, 0.5) is 0 Å². The van der Waals surface area contributed by atoms with Crippen molar-refractivity contribution >= 4 is 5.91 Å². The van der Waals surface area contributed by atoms with E-state index in [-0.39, 0.29) is 11.8 Å². The van der Waals surface area contributed by atoms with E-state index in [0.29, 0.717) is 19.0 Å². The van der Waals surface area contributed by atoms with Gasteiger partial charge in [-0.05, 0) is 46.0 Å². The van der Waals surface area contributed by atoms with Crippen LogP contribution in [-0.4, -0.2) is 47.2 Å². The summed E-state index contributed by atoms with van der Waals surface area (Å²) in [5.41, 5.74) is -0.589. The van der Waals surface area contributed by atoms with Crippen LogP contribution in [0.5, 0.6) is 0 Å². The Morgan fingerprint density at radius 1 is 1.33 bits per heavy atom. The Kier molecular flexibility index (Phi) is 4.28. The minimum atomic E-state index is -0.589. The molecule has 2 heterocycles. The highest BCUT2D eigenvalue weighted by atomic mass is 16.3. The summed E-state index contributed by atoms with van der Waals surface area (Å²) < 4.78 is 0. The quantitative estimate of drug-likeness (QED) is 0.738. The van der Waals surface area contributed by atoms with E-state index in [0.717, 1.165) is 38.8 Å². The molecule has 2 saturated heterocycles. The fourth-order valence-corrected chi connectivity index (χ4v) is 2.95. The minimum Gasteiger partial charge on any atom is -0.390 e. The number of carbonyl (C=O) groups is 1. The Bertz CT molecular complexity index is 296. The molecule has 0 aromatic carbocycles. The molecule has 0 spiro atoms. The lowest BCUT2D eigenvalue weighted by Gasteiger charge is -2.31. The lowest BCUT2D eigenvalue weighted by atomic mass is 9.94. The number of likely N-dealkylation sites (tertiary alicyclic amines) is 1. The summed E-state index contributed by atoms with van der Waals surface area (Å²) in [7, 11) is 0. The van der Waals surface area contributed by atoms with Gasteiger partial charge in [-0.15, -0.1) is 0 Å². The van der Waals surface area contributed by atoms with Crippen LogP contribution < -0.4 is 5.32 Å². The van der Waals surface area contributed by atoms with Crippen molar-refractivity contribution in [3.05, 3.63) is 0 Å². The summed E-state index contributed by atoms with van der Waals surface area (Å²) in [6.07, 6.45) is 4.50. The number of nitrogens with zero attached hydrogens (tertiary/aromatic N) is 1. The van der Waals surface area contributed by atoms with E-state index in [1.165, 1.54) is 0 Å². The maximum Gasteiger partial charge on any atom is 0.226 e. The molecule has 0 aromatic rings. The van der Waals surface area contributed by atoms with Crippen LogP contribution in [0.1, 0.15) is 46.0 Å². The van der Waals surface area contributed by atoms with Gasteiger partial charge in [0, 0.05) is 25.7 Å². The molecule has 2 aliphatic rings. The second kappa shape index (κ2) is 5.57. The van der Waals surface area contributed by atoms with Crippen LogP contribution in [0.15, 0.2) is 0 Å². The fourth-order valence-electron chi connectivity index (χ4n) is 2.95. The van der Waals surface area contributed by atoms with Crippen molar-refractivity contribution in [2.45, 2.75) is 57.6 Å². The van der Waals surface area contributed by atoms with Crippen molar-refractivity contribution in [2.24, 2.45) is 5.92 Å². The number of aliphatic hydroxyl groups is 1. The summed E-state index contributed by atoms with van der Waals surface area (Å²) >= 11 is 0. The van der Waals surface area contributed by atoms with Crippen molar-refractivity contribution < 1.29 is 9.90 Å². The van der Waals surface area contributed by atoms with Gasteiger partial charge in [0.25, 0.3) is 0 Å². The molecule has 2 rings (SSSR count). The number of carbonyl (C=O) groups excluding carboxylic acids is 1. The maximum absolute atomic E-state index is 12.4. The zero-order chi connectivity index (χ0) is 13.2. The largest absolute Gasteiger partial charge is 0.390 e. The summed E-state index contributed by atoms with van der Waals surface area (Å²) in [5, 5.41) is 13.4. The molecule has 3 atom stereocenters. The molecular formula is C14H26N2O2. The Labute approximate surface area is 110 Å². The minimum absolute atomic E-state index is 0.143. The van der Waals surface area contributed by atoms with Crippen LogP contribution >= 0.6 is 0 Å². The van der Waals surface area contributed by atoms with E-state index in [4.69, 9.17) is 0 Å². The lowest BCUT2D eigenvalue weighted by Crippen LogP contribution is -2.46. The van der Waals surface area contributed by atoms with Gasteiger partial charge in [-0.1, -0.05) is 0 Å². The molecular weight excluding hydrogens is 228 g/mol. The second-order valence-electron chi connectivity index (χ2n) is 6.26. The van der Waals surface area contributed by atoms with Crippen molar-refractivity contribution in [1.82, 2.24) is 10.2 Å². The molecule has 0 radical (unpaired) electrons. The van der Waals surface area contributed by atoms with Gasteiger partial charge in [-0.2, -0.15) is 0 Å². The first-order valence-corrected chi connectivity index (χ1v) is 7.22. The zero-order valence-electron chi connectivity index (χ0n) is 11.6. The highest BCUT2D eigenvalue weighted by Crippen LogP contribution is 2.24. The van der Waals surface area contributed by atoms with E-state index in [1.807, 2.05) is 11.8 Å². The average Bonchev–Trinajstić information content (AvgIpc) is 2.50. The molecule has 0 aliphatic carbocycles. The Hall–Kier alpha value is -0.610. The summed E-state index contributed by atoms with van der Waals surface area (Å²) in [5.74, 6) is 0.427. The SMILES string of the molecule is CC1CCC(C(=O)N2CCCC(C)(O)CC2)CN1. The lowest BCUT2D eigenvalue weighted by molar-refractivity contribution is -0.136. The van der Waals surface area contributed by atoms with Crippen LogP contribution in [0, 0.1) is 5.92 Å². The highest BCUT2D eigenvalue weighted by Gasteiger charge is 2.31. The summed E-state index contributed by atoms with van der Waals surface area (Å²) in [6, 6.07) is 0.541. The average molecular weight is 254 g/mol. The molecule has 1 amide bonds. The van der Waals surface area contributed by atoms with Gasteiger partial charge in [0.05, 0.1) is 11.5 Å². The van der Waals surface area contributed by atoms with E-state index in [1.54, 1.807) is 0 Å². The van der Waals surface area contributed by atoms with E-state index in [2.05, 4.69) is 12.2 Å². The number of hydrogen-bond acceptors (Lipinski definition) is 3. The number of piperidine rings is 1. The van der Waals surface area contributed by atoms with E-state index in [9.17, 15) is 9.90 Å². The third-order valence-electron chi connectivity index (χ3n) is 4.39. The Balaban J connectivity index is 1.89. The predicted octanol–water partition coefficient (Wildman–Crippen LogP) is 1.14. The second-order valence-corrected chi connectivity index (χ2v) is 6.26. The molecule has 2 aliphatic heterocycles. The monoisotopic (exact) mass is 254 g/mol. The van der Waals surface area contributed by atoms with Crippen molar-refractivity contribution in [3.8, 4) is 0 Å². The van der Waals surface area contributed by atoms with Gasteiger partial charge in [-0.25, -0.2) is 0 Å². The predicted molar refractivity (Wildman–Crippen MR) is 71.2 cm³/mol. The molecule has 0 saturated carbocycles. The Morgan fingerprint density at radius 3 is 2.78 bits per heavy atom. The third kappa shape index (κ3) is 3.45. The van der Waals surface area contributed by atoms with Gasteiger partial charge in [0.1, 0.15) is 0 Å². The molecule has 104 valence electrons. The smallest absolute Gasteiger partial charge is 0.226 e. The van der Waals surface area contributed by atoms with Crippen LogP contribution in [-0.2, 0) is 4.79 Å². The molecule has 18 heavy (non-hydrogen) atoms. The van der Waals surface area contributed by atoms with Gasteiger partial charge < -0.3 is 15.3 Å². The van der Waals surface area contributed by atoms with Gasteiger partial charge in [0.15, 0.2) is 0 Å². The molecule has 0 aromatic heterocycles. The van der Waals surface area contributed by atoms with Crippen LogP contribution in [0.2, 0.25) is 0 Å². The van der Waals surface area contributed by atoms with Gasteiger partial charge in [-0.3, -0.25) is 4.79 Å². The third-order valence-corrected chi connectivity index (χ3v) is 4.39. The number of nitrogens with one attached hydrogen (secondary N) is 1. The number of amides is 1. The van der Waals surface area contributed by atoms with Crippen molar-refractivity contribution in [2.75, 3.05) is 19.6 Å². The first kappa shape index (κ1) is 13.8. The molecule has 4 nitrogen and oxygen atoms in total. The van der Waals surface area contributed by atoms with Crippen LogP contribution in [0.25, 0.3) is 0 Å². The number of rotatable bonds is 1. The standard InChI is InChI=1S/C14H26N2O2/c1-11-4-5-12(10-15-11)13(17)16-8-3-6-14(2,18)7-9-16/h11-12,15,18H,3-10H2,1-2H3. The Morgan fingerprint density at radius 2 is 2.11 bits per heavy atom. The summed E-state index contributed by atoms with van der Waals surface area (Å²) in [6.45, 7) is 6.38. The molecule has 4 heteroatoms. The van der Waals surface area contributed by atoms with Crippen LogP contribution in [0.3, 0.4) is 0 Å². The zero-order valence-corrected chi connectivity index (χ0v) is 11.6. The topological polar surface area (TPSA) is 52.6 Å². The van der Waals surface area contributed by atoms with Gasteiger partial charge >= 0.3 is 0 Å². The number of hydrogen-bond donors (Lipinski definition) is 2. The first-order chi connectivity index (χ1) is 8.48. The first-order valence-electron chi connectivity index (χ1n) is 7.22. The molecule has 2 fully saturated rings.